The average molecular weight is 496 g/mol. The molecule has 3 aromatic rings. The third kappa shape index (κ3) is 4.85. The number of benzene rings is 2. The molecule has 0 aliphatic rings. The molecule has 1 N–H and O–H groups in total. The van der Waals surface area contributed by atoms with E-state index >= 15 is 0 Å². The number of Topliss-reactive ketones (excluding diaryl/α,β-unsaturated/α-hetero) is 1. The van der Waals surface area contributed by atoms with Crippen molar-refractivity contribution in [3.63, 3.8) is 0 Å². The van der Waals surface area contributed by atoms with Gasteiger partial charge in [0.25, 0.3) is 7.94 Å². The molecule has 0 saturated heterocycles. The second-order valence-electron chi connectivity index (χ2n) is 7.20. The van der Waals surface area contributed by atoms with Crippen LogP contribution in [0.15, 0.2) is 59.5 Å². The van der Waals surface area contributed by atoms with Crippen LogP contribution in [0.3, 0.4) is 0 Å². The zero-order valence-electron chi connectivity index (χ0n) is 19.5. The van der Waals surface area contributed by atoms with Crippen LogP contribution in [0.4, 0.5) is 0 Å². The van der Waals surface area contributed by atoms with Crippen molar-refractivity contribution in [2.24, 2.45) is 0 Å². The van der Waals surface area contributed by atoms with E-state index in [1.165, 1.54) is 18.7 Å². The minimum atomic E-state index is -3.92. The van der Waals surface area contributed by atoms with Gasteiger partial charge in [-0.15, -0.1) is 11.8 Å². The number of aromatic nitrogens is 1. The van der Waals surface area contributed by atoms with Gasteiger partial charge < -0.3 is 4.89 Å². The summed E-state index contributed by atoms with van der Waals surface area (Å²) in [6, 6.07) is 18.3. The highest BCUT2D eigenvalue weighted by molar-refractivity contribution is 7.99. The fourth-order valence-electron chi connectivity index (χ4n) is 3.70. The van der Waals surface area contributed by atoms with Crippen LogP contribution in [0.2, 0.25) is 0 Å². The van der Waals surface area contributed by atoms with Crippen LogP contribution in [-0.4, -0.2) is 29.8 Å². The number of carbonyl (C=O) groups is 1. The van der Waals surface area contributed by atoms with E-state index in [-0.39, 0.29) is 35.4 Å². The predicted molar refractivity (Wildman–Crippen MR) is 133 cm³/mol. The first kappa shape index (κ1) is 25.8. The highest BCUT2D eigenvalue weighted by Crippen LogP contribution is 2.52. The summed E-state index contributed by atoms with van der Waals surface area (Å²) < 4.78 is 12.8. The zero-order chi connectivity index (χ0) is 24.9. The molecule has 0 unspecified atom stereocenters. The molecule has 0 bridgehead atoms. The van der Waals surface area contributed by atoms with Gasteiger partial charge in [0.05, 0.1) is 29.4 Å². The fraction of sp³-hybridized carbons (Fsp3) is 0.240. The molecular formula is C25H26N3O4PS. The summed E-state index contributed by atoms with van der Waals surface area (Å²) in [5.74, 6) is -0.0840. The first-order valence-corrected chi connectivity index (χ1v) is 13.5. The van der Waals surface area contributed by atoms with Gasteiger partial charge >= 0.3 is 0 Å². The lowest BCUT2D eigenvalue weighted by Crippen LogP contribution is -2.43. The van der Waals surface area contributed by atoms with Crippen LogP contribution >= 0.6 is 19.7 Å². The molecule has 1 heterocycles. The van der Waals surface area contributed by atoms with Gasteiger partial charge in [0.15, 0.2) is 11.3 Å². The minimum Gasteiger partial charge on any atom is -0.627 e. The van der Waals surface area contributed by atoms with Crippen LogP contribution in [0, 0.1) is 16.7 Å². The molecule has 2 aromatic carbocycles. The molecule has 0 saturated carbocycles. The molecule has 0 amide bonds. The highest BCUT2D eigenvalue weighted by atomic mass is 32.2. The molecule has 0 atom stereocenters. The van der Waals surface area contributed by atoms with Crippen LogP contribution in [0.25, 0.3) is 16.9 Å². The molecule has 3 rings (SSSR count). The van der Waals surface area contributed by atoms with Gasteiger partial charge in [0, 0.05) is 11.3 Å². The summed E-state index contributed by atoms with van der Waals surface area (Å²) in [7, 11) is -3.92. The van der Waals surface area contributed by atoms with E-state index in [1.807, 2.05) is 30.3 Å². The van der Waals surface area contributed by atoms with Gasteiger partial charge in [-0.3, -0.25) is 14.8 Å². The van der Waals surface area contributed by atoms with Gasteiger partial charge in [-0.1, -0.05) is 30.3 Å². The smallest absolute Gasteiger partial charge is 0.276 e. The maximum atomic E-state index is 13.9. The number of pyridine rings is 1. The topological polar surface area (TPSA) is 111 Å². The highest BCUT2D eigenvalue weighted by Gasteiger charge is 2.41. The van der Waals surface area contributed by atoms with Crippen molar-refractivity contribution in [1.82, 2.24) is 4.57 Å². The SMILES string of the molecule is CCO[P+]([O-])(OCC)c1c(SC)c(C#N)c(-c2ccccc2)n(-c2ccc(C(C)=O)cc2)c1=N. The first-order chi connectivity index (χ1) is 16.3. The Morgan fingerprint density at radius 1 is 1.12 bits per heavy atom. The molecule has 0 aliphatic heterocycles. The predicted octanol–water partition coefficient (Wildman–Crippen LogP) is 4.24. The minimum absolute atomic E-state index is 0.0515. The zero-order valence-corrected chi connectivity index (χ0v) is 21.2. The van der Waals surface area contributed by atoms with E-state index in [0.29, 0.717) is 27.4 Å². The lowest BCUT2D eigenvalue weighted by molar-refractivity contribution is -0.213. The molecule has 0 spiro atoms. The average Bonchev–Trinajstić information content (AvgIpc) is 2.83. The van der Waals surface area contributed by atoms with Gasteiger partial charge in [0.1, 0.15) is 6.07 Å². The lowest BCUT2D eigenvalue weighted by Gasteiger charge is -2.30. The molecule has 7 nitrogen and oxygen atoms in total. The van der Waals surface area contributed by atoms with E-state index in [1.54, 1.807) is 48.9 Å². The number of nitrogens with zero attached hydrogens (tertiary/aromatic N) is 2. The van der Waals surface area contributed by atoms with Crippen LogP contribution in [-0.2, 0) is 9.05 Å². The van der Waals surface area contributed by atoms with E-state index in [4.69, 9.17) is 9.05 Å². The Labute approximate surface area is 204 Å². The maximum absolute atomic E-state index is 13.9. The van der Waals surface area contributed by atoms with Crippen molar-refractivity contribution in [2.45, 2.75) is 25.7 Å². The molecule has 34 heavy (non-hydrogen) atoms. The summed E-state index contributed by atoms with van der Waals surface area (Å²) in [5.41, 5.74) is 2.42. The Hall–Kier alpha value is -2.79. The van der Waals surface area contributed by atoms with E-state index in [0.717, 1.165) is 0 Å². The van der Waals surface area contributed by atoms with Gasteiger partial charge in [-0.25, -0.2) is 9.05 Å². The van der Waals surface area contributed by atoms with Crippen molar-refractivity contribution in [1.29, 1.82) is 10.7 Å². The van der Waals surface area contributed by atoms with Crippen LogP contribution in [0.5, 0.6) is 0 Å². The van der Waals surface area contributed by atoms with E-state index in [9.17, 15) is 20.4 Å². The Kier molecular flexibility index (Phi) is 8.42. The number of hydrogen-bond acceptors (Lipinski definition) is 7. The summed E-state index contributed by atoms with van der Waals surface area (Å²) in [6.07, 6.45) is 1.77. The molecule has 176 valence electrons. The van der Waals surface area contributed by atoms with Crippen LogP contribution < -0.4 is 15.7 Å². The quantitative estimate of drug-likeness (QED) is 0.270. The normalized spacial score (nSPS) is 11.3. The second-order valence-corrected chi connectivity index (χ2v) is 9.98. The number of carbonyl (C=O) groups excluding carboxylic acids is 1. The monoisotopic (exact) mass is 495 g/mol. The van der Waals surface area contributed by atoms with Crippen molar-refractivity contribution < 1.29 is 18.7 Å². The standard InChI is InChI=1S/C25H26N3O4PS/c1-5-31-33(30,32-6-2)23-24(34-4)21(16-26)22(19-10-8-7-9-11-19)28(25(23)27)20-14-12-18(13-15-20)17(3)29/h7-15,27H,5-6H2,1-4H3. The largest absolute Gasteiger partial charge is 0.627 e. The summed E-state index contributed by atoms with van der Waals surface area (Å²) in [6.45, 7) is 5.10. The second kappa shape index (κ2) is 11.1. The Balaban J connectivity index is 2.53. The lowest BCUT2D eigenvalue weighted by atomic mass is 10.0. The third-order valence-corrected chi connectivity index (χ3v) is 8.26. The van der Waals surface area contributed by atoms with Gasteiger partial charge in [0.2, 0.25) is 5.30 Å². The Morgan fingerprint density at radius 2 is 1.71 bits per heavy atom. The first-order valence-electron chi connectivity index (χ1n) is 10.7. The Bertz CT molecular complexity index is 1280. The van der Waals surface area contributed by atoms with E-state index in [2.05, 4.69) is 6.07 Å². The van der Waals surface area contributed by atoms with Gasteiger partial charge in [-0.2, -0.15) is 5.26 Å². The van der Waals surface area contributed by atoms with Crippen molar-refractivity contribution in [3.8, 4) is 23.0 Å². The number of rotatable bonds is 9. The van der Waals surface area contributed by atoms with Crippen molar-refractivity contribution >= 4 is 30.8 Å². The van der Waals surface area contributed by atoms with Crippen LogP contribution in [0.1, 0.15) is 36.7 Å². The molecule has 0 aliphatic carbocycles. The van der Waals surface area contributed by atoms with E-state index < -0.39 is 7.94 Å². The number of hydrogen-bond donors (Lipinski definition) is 1. The third-order valence-electron chi connectivity index (χ3n) is 5.12. The van der Waals surface area contributed by atoms with Crippen molar-refractivity contribution in [2.75, 3.05) is 19.5 Å². The summed E-state index contributed by atoms with van der Waals surface area (Å²) in [4.78, 5) is 26.1. The molecule has 0 radical (unpaired) electrons. The number of nitriles is 1. The molecule has 9 heteroatoms. The molecule has 0 fully saturated rings. The number of thioether (sulfide) groups is 1. The van der Waals surface area contributed by atoms with Crippen molar-refractivity contribution in [3.05, 3.63) is 71.2 Å². The maximum Gasteiger partial charge on any atom is 0.276 e. The number of ketones is 1. The molecule has 1 aromatic heterocycles. The Morgan fingerprint density at radius 3 is 2.18 bits per heavy atom. The summed E-state index contributed by atoms with van der Waals surface area (Å²) >= 11 is 1.23. The molecular weight excluding hydrogens is 469 g/mol. The fourth-order valence-corrected chi connectivity index (χ4v) is 6.68. The van der Waals surface area contributed by atoms with Gasteiger partial charge in [-0.05, 0) is 56.9 Å². The number of nitrogens with one attached hydrogen (secondary N) is 1. The summed E-state index contributed by atoms with van der Waals surface area (Å²) in [5, 5.41) is 19.5.